The maximum Gasteiger partial charge on any atom is 0.264 e. The van der Waals surface area contributed by atoms with Gasteiger partial charge < -0.3 is 4.90 Å². The molecular formula is C15H16Cl2N2O3S2. The van der Waals surface area contributed by atoms with E-state index in [1.807, 2.05) is 13.8 Å². The summed E-state index contributed by atoms with van der Waals surface area (Å²) >= 11 is 12.7. The molecule has 24 heavy (non-hydrogen) atoms. The number of nitrogens with one attached hydrogen (secondary N) is 1. The lowest BCUT2D eigenvalue weighted by Gasteiger charge is -2.19. The molecule has 0 saturated heterocycles. The predicted molar refractivity (Wildman–Crippen MR) is 98.8 cm³/mol. The number of rotatable bonds is 6. The molecule has 9 heteroatoms. The Hall–Kier alpha value is -1.28. The molecule has 0 aliphatic carbocycles. The molecule has 5 nitrogen and oxygen atoms in total. The number of sulfonamides is 1. The van der Waals surface area contributed by atoms with Gasteiger partial charge in [0.1, 0.15) is 9.23 Å². The van der Waals surface area contributed by atoms with Gasteiger partial charge in [0, 0.05) is 24.3 Å². The Morgan fingerprint density at radius 3 is 2.42 bits per heavy atom. The highest BCUT2D eigenvalue weighted by Crippen LogP contribution is 2.35. The van der Waals surface area contributed by atoms with Gasteiger partial charge in [0.15, 0.2) is 0 Å². The average molecular weight is 407 g/mol. The minimum Gasteiger partial charge on any atom is -0.339 e. The van der Waals surface area contributed by atoms with Gasteiger partial charge in [-0.2, -0.15) is 0 Å². The SMILES string of the molecule is CCN(CC)C(=O)c1cccc(NS(=O)(=O)c2cc(Cl)sc2Cl)c1. The van der Waals surface area contributed by atoms with Crippen molar-refractivity contribution in [3.63, 3.8) is 0 Å². The standard InChI is InChI=1S/C15H16Cl2N2O3S2/c1-3-19(4-2)15(20)10-6-5-7-11(8-10)18-24(21,22)12-9-13(16)23-14(12)17/h5-9,18H,3-4H2,1-2H3. The topological polar surface area (TPSA) is 66.5 Å². The van der Waals surface area contributed by atoms with Crippen LogP contribution < -0.4 is 4.72 Å². The second-order valence-corrected chi connectivity index (χ2v) is 8.79. The van der Waals surface area contributed by atoms with Crippen LogP contribution in [-0.2, 0) is 10.0 Å². The van der Waals surface area contributed by atoms with E-state index in [1.165, 1.54) is 12.1 Å². The van der Waals surface area contributed by atoms with Crippen molar-refractivity contribution in [1.29, 1.82) is 0 Å². The fourth-order valence-electron chi connectivity index (χ4n) is 2.13. The number of carbonyl (C=O) groups excluding carboxylic acids is 1. The number of thiophene rings is 1. The van der Waals surface area contributed by atoms with Gasteiger partial charge in [-0.05, 0) is 38.1 Å². The van der Waals surface area contributed by atoms with Crippen molar-refractivity contribution in [2.24, 2.45) is 0 Å². The van der Waals surface area contributed by atoms with Crippen molar-refractivity contribution in [3.05, 3.63) is 44.6 Å². The third-order valence-electron chi connectivity index (χ3n) is 3.33. The molecule has 2 rings (SSSR count). The van der Waals surface area contributed by atoms with E-state index in [2.05, 4.69) is 4.72 Å². The van der Waals surface area contributed by atoms with Crippen LogP contribution in [0.3, 0.4) is 0 Å². The van der Waals surface area contributed by atoms with Gasteiger partial charge in [-0.15, -0.1) is 11.3 Å². The number of benzene rings is 1. The maximum atomic E-state index is 12.4. The maximum absolute atomic E-state index is 12.4. The van der Waals surface area contributed by atoms with Crippen LogP contribution in [-0.4, -0.2) is 32.3 Å². The molecule has 0 atom stereocenters. The highest BCUT2D eigenvalue weighted by atomic mass is 35.5. The quantitative estimate of drug-likeness (QED) is 0.775. The fourth-order valence-corrected chi connectivity index (χ4v) is 5.33. The fraction of sp³-hybridized carbons (Fsp3) is 0.267. The van der Waals surface area contributed by atoms with Crippen LogP contribution in [0.1, 0.15) is 24.2 Å². The van der Waals surface area contributed by atoms with Crippen molar-refractivity contribution in [3.8, 4) is 0 Å². The lowest BCUT2D eigenvalue weighted by Crippen LogP contribution is -2.30. The highest BCUT2D eigenvalue weighted by Gasteiger charge is 2.22. The zero-order valence-electron chi connectivity index (χ0n) is 13.0. The van der Waals surface area contributed by atoms with E-state index in [1.54, 1.807) is 23.1 Å². The minimum atomic E-state index is -3.88. The summed E-state index contributed by atoms with van der Waals surface area (Å²) in [4.78, 5) is 13.9. The minimum absolute atomic E-state index is 0.0837. The monoisotopic (exact) mass is 406 g/mol. The van der Waals surface area contributed by atoms with Crippen molar-refractivity contribution in [2.45, 2.75) is 18.7 Å². The lowest BCUT2D eigenvalue weighted by atomic mass is 10.2. The zero-order valence-corrected chi connectivity index (χ0v) is 16.2. The predicted octanol–water partition coefficient (Wildman–Crippen LogP) is 4.34. The third kappa shape index (κ3) is 4.22. The van der Waals surface area contributed by atoms with Gasteiger partial charge >= 0.3 is 0 Å². The second kappa shape index (κ2) is 7.74. The molecule has 1 N–H and O–H groups in total. The van der Waals surface area contributed by atoms with Gasteiger partial charge in [0.05, 0.1) is 4.34 Å². The summed E-state index contributed by atoms with van der Waals surface area (Å²) in [5, 5.41) is 0. The molecule has 1 aromatic heterocycles. The van der Waals surface area contributed by atoms with Crippen LogP contribution in [0, 0.1) is 0 Å². The van der Waals surface area contributed by atoms with Crippen molar-refractivity contribution in [2.75, 3.05) is 17.8 Å². The Bertz CT molecular complexity index is 846. The van der Waals surface area contributed by atoms with Crippen LogP contribution in [0.25, 0.3) is 0 Å². The highest BCUT2D eigenvalue weighted by molar-refractivity contribution is 7.93. The molecule has 2 aromatic rings. The Labute approximate surface area is 155 Å². The molecule has 1 aromatic carbocycles. The number of anilines is 1. The zero-order chi connectivity index (χ0) is 17.9. The average Bonchev–Trinajstić information content (AvgIpc) is 2.88. The number of amides is 1. The van der Waals surface area contributed by atoms with Crippen LogP contribution in [0.2, 0.25) is 8.67 Å². The Morgan fingerprint density at radius 2 is 1.88 bits per heavy atom. The van der Waals surface area contributed by atoms with Crippen LogP contribution in [0.5, 0.6) is 0 Å². The van der Waals surface area contributed by atoms with Gasteiger partial charge in [0.2, 0.25) is 0 Å². The molecule has 0 bridgehead atoms. The smallest absolute Gasteiger partial charge is 0.264 e. The van der Waals surface area contributed by atoms with E-state index in [9.17, 15) is 13.2 Å². The van der Waals surface area contributed by atoms with Gasteiger partial charge in [-0.3, -0.25) is 9.52 Å². The van der Waals surface area contributed by atoms with Gasteiger partial charge in [-0.25, -0.2) is 8.42 Å². The van der Waals surface area contributed by atoms with Crippen molar-refractivity contribution in [1.82, 2.24) is 4.90 Å². The van der Waals surface area contributed by atoms with Crippen LogP contribution in [0.15, 0.2) is 35.2 Å². The van der Waals surface area contributed by atoms with Crippen LogP contribution >= 0.6 is 34.5 Å². The van der Waals surface area contributed by atoms with E-state index in [-0.39, 0.29) is 25.2 Å². The first kappa shape index (κ1) is 19.1. The van der Waals surface area contributed by atoms with E-state index in [4.69, 9.17) is 23.2 Å². The Balaban J connectivity index is 2.29. The molecule has 0 spiro atoms. The Kier molecular flexibility index (Phi) is 6.14. The molecule has 0 saturated carbocycles. The molecule has 0 unspecified atom stereocenters. The number of nitrogens with zero attached hydrogens (tertiary/aromatic N) is 1. The van der Waals surface area contributed by atoms with Crippen molar-refractivity contribution < 1.29 is 13.2 Å². The first-order chi connectivity index (χ1) is 11.3. The summed E-state index contributed by atoms with van der Waals surface area (Å²) in [7, 11) is -3.88. The number of halogens is 2. The van der Waals surface area contributed by atoms with Gasteiger partial charge in [-0.1, -0.05) is 29.3 Å². The van der Waals surface area contributed by atoms with E-state index in [0.717, 1.165) is 11.3 Å². The van der Waals surface area contributed by atoms with Gasteiger partial charge in [0.25, 0.3) is 15.9 Å². The number of carbonyl (C=O) groups is 1. The third-order valence-corrected chi connectivity index (χ3v) is 6.46. The number of hydrogen-bond donors (Lipinski definition) is 1. The molecule has 0 aliphatic rings. The van der Waals surface area contributed by atoms with E-state index >= 15 is 0 Å². The molecule has 0 radical (unpaired) electrons. The molecular weight excluding hydrogens is 391 g/mol. The van der Waals surface area contributed by atoms with E-state index < -0.39 is 10.0 Å². The number of hydrogen-bond acceptors (Lipinski definition) is 4. The first-order valence-electron chi connectivity index (χ1n) is 7.15. The summed E-state index contributed by atoms with van der Waals surface area (Å²) < 4.78 is 27.6. The first-order valence-corrected chi connectivity index (χ1v) is 10.2. The molecule has 0 fully saturated rings. The van der Waals surface area contributed by atoms with Crippen LogP contribution in [0.4, 0.5) is 5.69 Å². The summed E-state index contributed by atoms with van der Waals surface area (Å²) in [6, 6.07) is 7.63. The summed E-state index contributed by atoms with van der Waals surface area (Å²) in [6.45, 7) is 4.93. The molecule has 0 aliphatic heterocycles. The molecule has 1 amide bonds. The van der Waals surface area contributed by atoms with Crippen molar-refractivity contribution >= 4 is 56.2 Å². The molecule has 130 valence electrons. The summed E-state index contributed by atoms with van der Waals surface area (Å²) in [6.07, 6.45) is 0. The summed E-state index contributed by atoms with van der Waals surface area (Å²) in [5.74, 6) is -0.155. The molecule has 1 heterocycles. The largest absolute Gasteiger partial charge is 0.339 e. The lowest BCUT2D eigenvalue weighted by molar-refractivity contribution is 0.0773. The van der Waals surface area contributed by atoms with E-state index in [0.29, 0.717) is 18.7 Å². The second-order valence-electron chi connectivity index (χ2n) is 4.85. The Morgan fingerprint density at radius 1 is 1.21 bits per heavy atom. The normalized spacial score (nSPS) is 11.3. The summed E-state index contributed by atoms with van der Waals surface area (Å²) in [5.41, 5.74) is 0.694.